The van der Waals surface area contributed by atoms with Crippen LogP contribution in [0, 0.1) is 11.3 Å². The molecule has 184 valence electrons. The largest absolute Gasteiger partial charge is 0.455 e. The first-order valence-corrected chi connectivity index (χ1v) is 12.5. The molecule has 1 aromatic carbocycles. The normalized spacial score (nSPS) is 12.3. The summed E-state index contributed by atoms with van der Waals surface area (Å²) < 4.78 is 64.7. The van der Waals surface area contributed by atoms with Crippen LogP contribution in [0.3, 0.4) is 0 Å². The standard InChI is InChI=1S/C22H31F3N4O3S/c1-3-5-7-9-13-29(14-10-8-6-4-2)33(31,32)19-11-12-20(18(15-19)16-26)28-27-17-21(30)22(23,24)25/h11-12,15,17,28H,3-10,13-14H2,1-2H3. The number of carbonyl (C=O) groups is 1. The molecule has 0 fully saturated rings. The van der Waals surface area contributed by atoms with Crippen LogP contribution in [-0.2, 0) is 14.8 Å². The van der Waals surface area contributed by atoms with E-state index in [-0.39, 0.29) is 22.4 Å². The van der Waals surface area contributed by atoms with E-state index in [1.54, 1.807) is 0 Å². The molecule has 0 bridgehead atoms. The summed E-state index contributed by atoms with van der Waals surface area (Å²) in [7, 11) is -3.86. The zero-order valence-corrected chi connectivity index (χ0v) is 19.8. The number of nitrogens with zero attached hydrogens (tertiary/aromatic N) is 3. The van der Waals surface area contributed by atoms with Crippen molar-refractivity contribution in [2.45, 2.75) is 76.3 Å². The van der Waals surface area contributed by atoms with E-state index in [1.807, 2.05) is 6.07 Å². The lowest BCUT2D eigenvalue weighted by atomic mass is 10.2. The van der Waals surface area contributed by atoms with Gasteiger partial charge < -0.3 is 0 Å². The van der Waals surface area contributed by atoms with E-state index in [2.05, 4.69) is 24.4 Å². The number of nitrogens with one attached hydrogen (secondary N) is 1. The highest BCUT2D eigenvalue weighted by molar-refractivity contribution is 7.89. The molecule has 1 N–H and O–H groups in total. The van der Waals surface area contributed by atoms with Crippen LogP contribution >= 0.6 is 0 Å². The number of halogens is 3. The molecule has 0 atom stereocenters. The van der Waals surface area contributed by atoms with E-state index in [0.29, 0.717) is 13.1 Å². The molecule has 1 rings (SSSR count). The molecule has 0 unspecified atom stereocenters. The Morgan fingerprint density at radius 1 is 1.09 bits per heavy atom. The summed E-state index contributed by atoms with van der Waals surface area (Å²) in [4.78, 5) is 10.8. The number of hydrogen-bond donors (Lipinski definition) is 1. The minimum Gasteiger partial charge on any atom is -0.283 e. The number of hydrazone groups is 1. The number of unbranched alkanes of at least 4 members (excludes halogenated alkanes) is 6. The second-order valence-corrected chi connectivity index (χ2v) is 9.51. The van der Waals surface area contributed by atoms with Crippen LogP contribution in [0.2, 0.25) is 0 Å². The Morgan fingerprint density at radius 2 is 1.67 bits per heavy atom. The van der Waals surface area contributed by atoms with Crippen molar-refractivity contribution in [3.8, 4) is 6.07 Å². The molecule has 1 aromatic rings. The number of sulfonamides is 1. The van der Waals surface area contributed by atoms with Crippen molar-refractivity contribution in [3.63, 3.8) is 0 Å². The number of benzene rings is 1. The van der Waals surface area contributed by atoms with Gasteiger partial charge in [0.2, 0.25) is 10.0 Å². The molecule has 0 heterocycles. The van der Waals surface area contributed by atoms with Gasteiger partial charge in [-0.05, 0) is 31.0 Å². The average Bonchev–Trinajstić information content (AvgIpc) is 2.77. The lowest BCUT2D eigenvalue weighted by molar-refractivity contribution is -0.162. The maximum Gasteiger partial charge on any atom is 0.455 e. The van der Waals surface area contributed by atoms with Crippen LogP contribution < -0.4 is 5.43 Å². The van der Waals surface area contributed by atoms with E-state index in [9.17, 15) is 31.6 Å². The van der Waals surface area contributed by atoms with Gasteiger partial charge in [-0.25, -0.2) is 8.42 Å². The SMILES string of the molecule is CCCCCCN(CCCCCC)S(=O)(=O)c1ccc(NN=CC(=O)C(F)(F)F)c(C#N)c1. The Hall–Kier alpha value is -2.45. The Morgan fingerprint density at radius 3 is 2.15 bits per heavy atom. The van der Waals surface area contributed by atoms with Gasteiger partial charge in [0.15, 0.2) is 0 Å². The third kappa shape index (κ3) is 9.52. The van der Waals surface area contributed by atoms with Gasteiger partial charge in [-0.3, -0.25) is 10.2 Å². The summed E-state index contributed by atoms with van der Waals surface area (Å²) in [6.07, 6.45) is 2.37. The summed E-state index contributed by atoms with van der Waals surface area (Å²) in [5, 5.41) is 12.6. The first-order valence-electron chi connectivity index (χ1n) is 11.0. The minimum absolute atomic E-state index is 0.0138. The molecular formula is C22H31F3N4O3S. The smallest absolute Gasteiger partial charge is 0.283 e. The maximum absolute atomic E-state index is 13.2. The number of rotatable bonds is 15. The molecule has 0 saturated carbocycles. The molecule has 0 saturated heterocycles. The van der Waals surface area contributed by atoms with Crippen molar-refractivity contribution in [1.29, 1.82) is 5.26 Å². The Balaban J connectivity index is 3.06. The predicted octanol–water partition coefficient (Wildman–Crippen LogP) is 5.24. The molecular weight excluding hydrogens is 457 g/mol. The van der Waals surface area contributed by atoms with Crippen LogP contribution in [0.15, 0.2) is 28.2 Å². The summed E-state index contributed by atoms with van der Waals surface area (Å²) in [5.41, 5.74) is 2.05. The van der Waals surface area contributed by atoms with Crippen molar-refractivity contribution < 1.29 is 26.4 Å². The highest BCUT2D eigenvalue weighted by atomic mass is 32.2. The average molecular weight is 489 g/mol. The van der Waals surface area contributed by atoms with Gasteiger partial charge in [0, 0.05) is 13.1 Å². The van der Waals surface area contributed by atoms with Crippen molar-refractivity contribution in [1.82, 2.24) is 4.31 Å². The number of nitriles is 1. The third-order valence-electron chi connectivity index (χ3n) is 4.92. The quantitative estimate of drug-likeness (QED) is 0.207. The summed E-state index contributed by atoms with van der Waals surface area (Å²) >= 11 is 0. The summed E-state index contributed by atoms with van der Waals surface area (Å²) in [6, 6.07) is 5.48. The third-order valence-corrected chi connectivity index (χ3v) is 6.81. The minimum atomic E-state index is -5.06. The molecule has 0 spiro atoms. The molecule has 0 aromatic heterocycles. The van der Waals surface area contributed by atoms with Gasteiger partial charge in [0.1, 0.15) is 6.07 Å². The molecule has 0 aliphatic carbocycles. The molecule has 11 heteroatoms. The number of anilines is 1. The summed E-state index contributed by atoms with van der Waals surface area (Å²) in [6.45, 7) is 4.89. The van der Waals surface area contributed by atoms with E-state index < -0.39 is 22.0 Å². The van der Waals surface area contributed by atoms with Crippen molar-refractivity contribution >= 4 is 27.7 Å². The predicted molar refractivity (Wildman–Crippen MR) is 121 cm³/mol. The Bertz CT molecular complexity index is 929. The fourth-order valence-electron chi connectivity index (χ4n) is 3.04. The monoisotopic (exact) mass is 488 g/mol. The first kappa shape index (κ1) is 28.6. The Kier molecular flexibility index (Phi) is 12.1. The van der Waals surface area contributed by atoms with Crippen molar-refractivity contribution in [2.24, 2.45) is 5.10 Å². The molecule has 7 nitrogen and oxygen atoms in total. The first-order chi connectivity index (χ1) is 15.6. The highest BCUT2D eigenvalue weighted by Gasteiger charge is 2.37. The van der Waals surface area contributed by atoms with Gasteiger partial charge in [-0.1, -0.05) is 52.4 Å². The van der Waals surface area contributed by atoms with Gasteiger partial charge in [-0.2, -0.15) is 27.8 Å². The number of Topliss-reactive ketones (excluding diaryl/α,β-unsaturated/α-hetero) is 1. The van der Waals surface area contributed by atoms with E-state index in [4.69, 9.17) is 0 Å². The van der Waals surface area contributed by atoms with Crippen LogP contribution in [-0.4, -0.2) is 44.0 Å². The molecule has 0 radical (unpaired) electrons. The van der Waals surface area contributed by atoms with E-state index >= 15 is 0 Å². The van der Waals surface area contributed by atoms with Gasteiger partial charge in [0.05, 0.1) is 22.4 Å². The van der Waals surface area contributed by atoms with E-state index in [1.165, 1.54) is 16.4 Å². The second-order valence-electron chi connectivity index (χ2n) is 7.58. The summed E-state index contributed by atoms with van der Waals surface area (Å²) in [5.74, 6) is -2.16. The van der Waals surface area contributed by atoms with Crippen LogP contribution in [0.5, 0.6) is 0 Å². The topological polar surface area (TPSA) is 103 Å². The van der Waals surface area contributed by atoms with Crippen LogP contribution in [0.25, 0.3) is 0 Å². The van der Waals surface area contributed by atoms with Crippen LogP contribution in [0.4, 0.5) is 18.9 Å². The lowest BCUT2D eigenvalue weighted by Crippen LogP contribution is -2.33. The van der Waals surface area contributed by atoms with Gasteiger partial charge in [-0.15, -0.1) is 0 Å². The van der Waals surface area contributed by atoms with Crippen molar-refractivity contribution in [3.05, 3.63) is 23.8 Å². The number of carbonyl (C=O) groups excluding carboxylic acids is 1. The number of ketones is 1. The fourth-order valence-corrected chi connectivity index (χ4v) is 4.58. The van der Waals surface area contributed by atoms with Gasteiger partial charge >= 0.3 is 6.18 Å². The lowest BCUT2D eigenvalue weighted by Gasteiger charge is -2.22. The molecule has 0 aliphatic heterocycles. The fraction of sp³-hybridized carbons (Fsp3) is 0.591. The second kappa shape index (κ2) is 14.0. The highest BCUT2D eigenvalue weighted by Crippen LogP contribution is 2.24. The van der Waals surface area contributed by atoms with Crippen LogP contribution in [0.1, 0.15) is 70.8 Å². The molecule has 0 aliphatic rings. The van der Waals surface area contributed by atoms with Gasteiger partial charge in [0.25, 0.3) is 5.78 Å². The molecule has 0 amide bonds. The molecule has 33 heavy (non-hydrogen) atoms. The zero-order chi connectivity index (χ0) is 24.9. The maximum atomic E-state index is 13.2. The van der Waals surface area contributed by atoms with E-state index in [0.717, 1.165) is 57.4 Å². The Labute approximate surface area is 193 Å². The van der Waals surface area contributed by atoms with Crippen molar-refractivity contribution in [2.75, 3.05) is 18.5 Å². The number of hydrogen-bond acceptors (Lipinski definition) is 6. The zero-order valence-electron chi connectivity index (χ0n) is 19.0. The number of alkyl halides is 3.